The molecule has 5 aromatic rings. The second-order valence-electron chi connectivity index (χ2n) is 10.2. The molecule has 1 amide bonds. The number of aromatic nitrogens is 3. The molecule has 38 heavy (non-hydrogen) atoms. The average Bonchev–Trinajstić information content (AvgIpc) is 3.48. The van der Waals surface area contributed by atoms with Gasteiger partial charge in [-0.3, -0.25) is 4.79 Å². The molecule has 0 aliphatic carbocycles. The van der Waals surface area contributed by atoms with Gasteiger partial charge in [0.05, 0.1) is 35.1 Å². The van der Waals surface area contributed by atoms with E-state index in [9.17, 15) is 9.59 Å². The van der Waals surface area contributed by atoms with Gasteiger partial charge in [-0.2, -0.15) is 0 Å². The number of anilines is 2. The number of nitrogens with one attached hydrogen (secondary N) is 3. The lowest BCUT2D eigenvalue weighted by atomic mass is 10.0. The molecular weight excluding hydrogens is 478 g/mol. The molecule has 0 saturated carbocycles. The molecule has 0 saturated heterocycles. The predicted molar refractivity (Wildman–Crippen MR) is 149 cm³/mol. The molecule has 0 spiro atoms. The van der Waals surface area contributed by atoms with Gasteiger partial charge in [0.25, 0.3) is 0 Å². The maximum atomic E-state index is 13.1. The molecule has 3 heterocycles. The molecular formula is C30H29N5O3. The number of hydrogen-bond donors (Lipinski definition) is 3. The second-order valence-corrected chi connectivity index (χ2v) is 10.2. The van der Waals surface area contributed by atoms with E-state index in [1.54, 1.807) is 12.1 Å². The molecule has 0 fully saturated rings. The van der Waals surface area contributed by atoms with Crippen molar-refractivity contribution in [3.63, 3.8) is 0 Å². The van der Waals surface area contributed by atoms with Crippen LogP contribution in [0.15, 0.2) is 66.7 Å². The molecule has 192 valence electrons. The van der Waals surface area contributed by atoms with E-state index in [0.717, 1.165) is 56.9 Å². The Morgan fingerprint density at radius 2 is 1.89 bits per heavy atom. The Hall–Kier alpha value is -4.59. The van der Waals surface area contributed by atoms with Gasteiger partial charge in [-0.1, -0.05) is 32.0 Å². The first-order valence-electron chi connectivity index (χ1n) is 12.8. The molecule has 8 heteroatoms. The number of rotatable bonds is 6. The van der Waals surface area contributed by atoms with E-state index in [0.29, 0.717) is 17.9 Å². The number of para-hydroxylation sites is 1. The fourth-order valence-corrected chi connectivity index (χ4v) is 5.14. The van der Waals surface area contributed by atoms with E-state index in [4.69, 9.17) is 9.72 Å². The van der Waals surface area contributed by atoms with Crippen LogP contribution in [0.4, 0.5) is 11.4 Å². The number of esters is 1. The number of imidazole rings is 1. The van der Waals surface area contributed by atoms with Gasteiger partial charge in [-0.05, 0) is 59.8 Å². The number of ether oxygens (including phenoxy) is 1. The zero-order valence-electron chi connectivity index (χ0n) is 21.5. The third-order valence-corrected chi connectivity index (χ3v) is 6.91. The van der Waals surface area contributed by atoms with Crippen LogP contribution in [0.25, 0.3) is 33.3 Å². The highest BCUT2D eigenvalue weighted by Gasteiger charge is 2.27. The van der Waals surface area contributed by atoms with Crippen molar-refractivity contribution in [3.05, 3.63) is 78.0 Å². The highest BCUT2D eigenvalue weighted by Crippen LogP contribution is 2.34. The third kappa shape index (κ3) is 4.28. The van der Waals surface area contributed by atoms with E-state index in [-0.39, 0.29) is 11.9 Å². The predicted octanol–water partition coefficient (Wildman–Crippen LogP) is 5.60. The van der Waals surface area contributed by atoms with Gasteiger partial charge >= 0.3 is 5.97 Å². The monoisotopic (exact) mass is 507 g/mol. The van der Waals surface area contributed by atoms with Gasteiger partial charge in [-0.15, -0.1) is 0 Å². The number of nitrogens with zero attached hydrogens (tertiary/aromatic N) is 2. The number of carbonyl (C=O) groups excluding carboxylic acids is 2. The van der Waals surface area contributed by atoms with Crippen LogP contribution in [-0.4, -0.2) is 39.6 Å². The lowest BCUT2D eigenvalue weighted by Crippen LogP contribution is -2.40. The van der Waals surface area contributed by atoms with Gasteiger partial charge in [-0.25, -0.2) is 9.78 Å². The van der Waals surface area contributed by atoms with Crippen molar-refractivity contribution >= 4 is 45.2 Å². The first kappa shape index (κ1) is 23.8. The fourth-order valence-electron chi connectivity index (χ4n) is 5.14. The van der Waals surface area contributed by atoms with Gasteiger partial charge in [0.2, 0.25) is 5.91 Å². The number of aromatic amines is 1. The highest BCUT2D eigenvalue weighted by molar-refractivity contribution is 6.04. The topological polar surface area (TPSA) is 101 Å². The fraction of sp³-hybridized carbons (Fsp3) is 0.233. The van der Waals surface area contributed by atoms with Gasteiger partial charge in [0.1, 0.15) is 11.9 Å². The molecule has 8 nitrogen and oxygen atoms in total. The molecule has 1 atom stereocenters. The summed E-state index contributed by atoms with van der Waals surface area (Å²) in [5.74, 6) is 0.701. The maximum Gasteiger partial charge on any atom is 0.337 e. The normalized spacial score (nSPS) is 14.9. The molecule has 3 N–H and O–H groups in total. The van der Waals surface area contributed by atoms with Crippen LogP contribution in [0.2, 0.25) is 0 Å². The SMILES string of the molecule is COC(=O)c1ccc2c(c1)nc(-c1ccc3c(c1)NC(=O)[C@H](Cc1cc4ccccc4[nH]1)N3)n2CC(C)C. The van der Waals surface area contributed by atoms with Crippen LogP contribution in [0, 0.1) is 5.92 Å². The van der Waals surface area contributed by atoms with Crippen molar-refractivity contribution in [1.82, 2.24) is 14.5 Å². The maximum absolute atomic E-state index is 13.1. The molecule has 2 aromatic heterocycles. The number of fused-ring (bicyclic) bond motifs is 3. The molecule has 0 bridgehead atoms. The third-order valence-electron chi connectivity index (χ3n) is 6.91. The Kier molecular flexibility index (Phi) is 5.87. The minimum absolute atomic E-state index is 0.0771. The molecule has 1 aliphatic rings. The van der Waals surface area contributed by atoms with E-state index < -0.39 is 5.97 Å². The van der Waals surface area contributed by atoms with Crippen molar-refractivity contribution in [2.75, 3.05) is 17.7 Å². The Labute approximate surface area is 220 Å². The van der Waals surface area contributed by atoms with Gasteiger partial charge in [0.15, 0.2) is 0 Å². The lowest BCUT2D eigenvalue weighted by Gasteiger charge is -2.27. The summed E-state index contributed by atoms with van der Waals surface area (Å²) in [5, 5.41) is 7.62. The summed E-state index contributed by atoms with van der Waals surface area (Å²) in [6, 6.07) is 21.2. The standard InChI is InChI=1S/C30H29N5O3/c1-17(2)16-35-27-11-9-20(30(37)38-3)14-25(27)33-28(35)19-8-10-23-24(13-19)34-29(36)26(32-23)15-21-12-18-6-4-5-7-22(18)31-21/h4-14,17,26,31-32H,15-16H2,1-3H3,(H,34,36)/t26-/m0/s1. The minimum atomic E-state index is -0.392. The van der Waals surface area contributed by atoms with Gasteiger partial charge < -0.3 is 24.9 Å². The summed E-state index contributed by atoms with van der Waals surface area (Å²) in [4.78, 5) is 33.4. The summed E-state index contributed by atoms with van der Waals surface area (Å²) >= 11 is 0. The van der Waals surface area contributed by atoms with E-state index >= 15 is 0 Å². The zero-order valence-corrected chi connectivity index (χ0v) is 21.5. The molecule has 0 radical (unpaired) electrons. The number of carbonyl (C=O) groups is 2. The van der Waals surface area contributed by atoms with Crippen LogP contribution >= 0.6 is 0 Å². The van der Waals surface area contributed by atoms with Crippen LogP contribution < -0.4 is 10.6 Å². The quantitative estimate of drug-likeness (QED) is 0.260. The summed E-state index contributed by atoms with van der Waals surface area (Å²) < 4.78 is 7.05. The van der Waals surface area contributed by atoms with E-state index in [1.165, 1.54) is 7.11 Å². The minimum Gasteiger partial charge on any atom is -0.465 e. The van der Waals surface area contributed by atoms with E-state index in [1.807, 2.05) is 42.5 Å². The first-order chi connectivity index (χ1) is 18.4. The average molecular weight is 508 g/mol. The van der Waals surface area contributed by atoms with Crippen molar-refractivity contribution in [2.24, 2.45) is 5.92 Å². The second kappa shape index (κ2) is 9.37. The first-order valence-corrected chi connectivity index (χ1v) is 12.8. The van der Waals surface area contributed by atoms with Crippen molar-refractivity contribution in [2.45, 2.75) is 32.9 Å². The molecule has 6 rings (SSSR count). The number of benzene rings is 3. The Bertz CT molecular complexity index is 1660. The summed E-state index contributed by atoms with van der Waals surface area (Å²) in [7, 11) is 1.37. The van der Waals surface area contributed by atoms with Crippen molar-refractivity contribution in [3.8, 4) is 11.4 Å². The molecule has 1 aliphatic heterocycles. The summed E-state index contributed by atoms with van der Waals surface area (Å²) in [5.41, 5.74) is 6.67. The Balaban J connectivity index is 1.32. The van der Waals surface area contributed by atoms with Crippen LogP contribution in [-0.2, 0) is 22.5 Å². The highest BCUT2D eigenvalue weighted by atomic mass is 16.5. The largest absolute Gasteiger partial charge is 0.465 e. The Morgan fingerprint density at radius 1 is 1.05 bits per heavy atom. The van der Waals surface area contributed by atoms with Crippen LogP contribution in [0.3, 0.4) is 0 Å². The van der Waals surface area contributed by atoms with E-state index in [2.05, 4.69) is 46.2 Å². The molecule has 0 unspecified atom stereocenters. The number of H-pyrrole nitrogens is 1. The number of methoxy groups -OCH3 is 1. The van der Waals surface area contributed by atoms with Crippen molar-refractivity contribution < 1.29 is 14.3 Å². The molecule has 3 aromatic carbocycles. The van der Waals surface area contributed by atoms with Crippen LogP contribution in [0.5, 0.6) is 0 Å². The number of hydrogen-bond acceptors (Lipinski definition) is 5. The smallest absolute Gasteiger partial charge is 0.337 e. The lowest BCUT2D eigenvalue weighted by molar-refractivity contribution is -0.117. The zero-order chi connectivity index (χ0) is 26.4. The van der Waals surface area contributed by atoms with Gasteiger partial charge in [0, 0.05) is 29.7 Å². The Morgan fingerprint density at radius 3 is 2.68 bits per heavy atom. The van der Waals surface area contributed by atoms with Crippen LogP contribution in [0.1, 0.15) is 29.9 Å². The summed E-state index contributed by atoms with van der Waals surface area (Å²) in [6.45, 7) is 5.07. The van der Waals surface area contributed by atoms with Crippen molar-refractivity contribution in [1.29, 1.82) is 0 Å². The number of amides is 1. The summed E-state index contributed by atoms with van der Waals surface area (Å²) in [6.07, 6.45) is 0.550.